The lowest BCUT2D eigenvalue weighted by molar-refractivity contribution is -0.142. The molecular weight excluding hydrogens is 336 g/mol. The van der Waals surface area contributed by atoms with E-state index in [4.69, 9.17) is 4.74 Å². The number of aliphatic carboxylic acids is 1. The smallest absolute Gasteiger partial charge is 0.313 e. The van der Waals surface area contributed by atoms with Crippen molar-refractivity contribution in [1.29, 1.82) is 0 Å². The first-order valence-corrected chi connectivity index (χ1v) is 8.56. The van der Waals surface area contributed by atoms with Gasteiger partial charge in [-0.2, -0.15) is 4.98 Å². The molecule has 0 bridgehead atoms. The third-order valence-corrected chi connectivity index (χ3v) is 4.64. The van der Waals surface area contributed by atoms with Gasteiger partial charge in [0.15, 0.2) is 0 Å². The minimum absolute atomic E-state index is 0.443. The van der Waals surface area contributed by atoms with Gasteiger partial charge in [-0.05, 0) is 20.8 Å². The summed E-state index contributed by atoms with van der Waals surface area (Å²) in [5.74, 6) is 0.166. The highest BCUT2D eigenvalue weighted by Gasteiger charge is 2.35. The highest BCUT2D eigenvalue weighted by molar-refractivity contribution is 5.82. The van der Waals surface area contributed by atoms with Gasteiger partial charge in [-0.15, -0.1) is 0 Å². The first-order valence-electron chi connectivity index (χ1n) is 8.56. The van der Waals surface area contributed by atoms with Crippen molar-refractivity contribution in [1.82, 2.24) is 19.9 Å². The number of hydrogen-bond acceptors (Lipinski definition) is 7. The molecule has 3 heterocycles. The molecule has 0 saturated carbocycles. The molecule has 26 heavy (non-hydrogen) atoms. The third kappa shape index (κ3) is 3.62. The average Bonchev–Trinajstić information content (AvgIpc) is 3.05. The van der Waals surface area contributed by atoms with Crippen LogP contribution in [0.4, 0.5) is 11.8 Å². The number of carboxylic acid groups (broad SMARTS) is 1. The number of carbonyl (C=O) groups is 1. The summed E-state index contributed by atoms with van der Waals surface area (Å²) >= 11 is 0. The SMILES string of the molecule is Cc1[nH]cnc1CNc1ncc(C(C)(C)C(=O)O)c(N2CCOCC2)n1. The summed E-state index contributed by atoms with van der Waals surface area (Å²) < 4.78 is 5.41. The van der Waals surface area contributed by atoms with Gasteiger partial charge in [-0.3, -0.25) is 4.79 Å². The normalized spacial score (nSPS) is 15.1. The number of morpholine rings is 1. The van der Waals surface area contributed by atoms with Gasteiger partial charge in [0, 0.05) is 30.5 Å². The number of rotatable bonds is 6. The molecule has 140 valence electrons. The van der Waals surface area contributed by atoms with E-state index in [9.17, 15) is 9.90 Å². The number of nitrogens with one attached hydrogen (secondary N) is 2. The summed E-state index contributed by atoms with van der Waals surface area (Å²) in [6, 6.07) is 0. The van der Waals surface area contributed by atoms with E-state index in [1.54, 1.807) is 26.4 Å². The molecule has 9 heteroatoms. The number of H-pyrrole nitrogens is 1. The van der Waals surface area contributed by atoms with Crippen molar-refractivity contribution in [2.24, 2.45) is 0 Å². The van der Waals surface area contributed by atoms with E-state index in [1.165, 1.54) is 0 Å². The van der Waals surface area contributed by atoms with E-state index in [1.807, 2.05) is 6.92 Å². The van der Waals surface area contributed by atoms with Crippen molar-refractivity contribution < 1.29 is 14.6 Å². The van der Waals surface area contributed by atoms with Crippen LogP contribution in [0, 0.1) is 6.92 Å². The summed E-state index contributed by atoms with van der Waals surface area (Å²) in [7, 11) is 0. The molecule has 0 unspecified atom stereocenters. The zero-order valence-corrected chi connectivity index (χ0v) is 15.2. The molecule has 3 rings (SSSR count). The number of anilines is 2. The van der Waals surface area contributed by atoms with Crippen LogP contribution in [-0.4, -0.2) is 57.3 Å². The predicted octanol–water partition coefficient (Wildman–Crippen LogP) is 1.32. The van der Waals surface area contributed by atoms with Gasteiger partial charge < -0.3 is 25.0 Å². The Morgan fingerprint density at radius 3 is 2.73 bits per heavy atom. The number of hydrogen-bond donors (Lipinski definition) is 3. The number of ether oxygens (including phenoxy) is 1. The molecule has 9 nitrogen and oxygen atoms in total. The minimum Gasteiger partial charge on any atom is -0.481 e. The first-order chi connectivity index (χ1) is 12.4. The van der Waals surface area contributed by atoms with Crippen molar-refractivity contribution >= 4 is 17.7 Å². The van der Waals surface area contributed by atoms with E-state index in [0.717, 1.165) is 11.4 Å². The molecule has 2 aromatic heterocycles. The second-order valence-electron chi connectivity index (χ2n) is 6.79. The summed E-state index contributed by atoms with van der Waals surface area (Å²) in [6.07, 6.45) is 3.25. The number of aryl methyl sites for hydroxylation is 1. The van der Waals surface area contributed by atoms with Gasteiger partial charge in [-0.25, -0.2) is 9.97 Å². The largest absolute Gasteiger partial charge is 0.481 e. The Morgan fingerprint density at radius 2 is 2.12 bits per heavy atom. The summed E-state index contributed by atoms with van der Waals surface area (Å²) in [4.78, 5) is 30.0. The van der Waals surface area contributed by atoms with Crippen LogP contribution in [0.1, 0.15) is 30.8 Å². The lowest BCUT2D eigenvalue weighted by Gasteiger charge is -2.32. The molecule has 0 spiro atoms. The fourth-order valence-electron chi connectivity index (χ4n) is 2.76. The van der Waals surface area contributed by atoms with Crippen LogP contribution in [0.3, 0.4) is 0 Å². The number of aromatic amines is 1. The van der Waals surface area contributed by atoms with Gasteiger partial charge in [0.2, 0.25) is 5.95 Å². The topological polar surface area (TPSA) is 116 Å². The standard InChI is InChI=1S/C17H24N6O3/c1-11-13(21-10-20-11)9-19-16-18-8-12(17(2,3)15(24)25)14(22-16)23-4-6-26-7-5-23/h8,10H,4-7,9H2,1-3H3,(H,20,21)(H,24,25)(H,18,19,22). The number of imidazole rings is 1. The van der Waals surface area contributed by atoms with E-state index >= 15 is 0 Å². The molecular formula is C17H24N6O3. The molecule has 1 aliphatic heterocycles. The maximum Gasteiger partial charge on any atom is 0.313 e. The second-order valence-corrected chi connectivity index (χ2v) is 6.79. The molecule has 0 aliphatic carbocycles. The maximum absolute atomic E-state index is 11.7. The number of nitrogens with zero attached hydrogens (tertiary/aromatic N) is 4. The molecule has 0 amide bonds. The molecule has 0 radical (unpaired) electrons. The molecule has 0 atom stereocenters. The number of aromatic nitrogens is 4. The van der Waals surface area contributed by atoms with E-state index < -0.39 is 11.4 Å². The monoisotopic (exact) mass is 360 g/mol. The summed E-state index contributed by atoms with van der Waals surface area (Å²) in [5.41, 5.74) is 1.37. The minimum atomic E-state index is -1.09. The Labute approximate surface area is 151 Å². The van der Waals surface area contributed by atoms with E-state index in [-0.39, 0.29) is 0 Å². The zero-order valence-electron chi connectivity index (χ0n) is 15.2. The van der Waals surface area contributed by atoms with Crippen molar-refractivity contribution in [3.63, 3.8) is 0 Å². The Morgan fingerprint density at radius 1 is 1.38 bits per heavy atom. The fraction of sp³-hybridized carbons (Fsp3) is 0.529. The Balaban J connectivity index is 1.90. The van der Waals surface area contributed by atoms with Crippen LogP contribution in [0.2, 0.25) is 0 Å². The van der Waals surface area contributed by atoms with Crippen LogP contribution in [0.5, 0.6) is 0 Å². The highest BCUT2D eigenvalue weighted by Crippen LogP contribution is 2.32. The highest BCUT2D eigenvalue weighted by atomic mass is 16.5. The van der Waals surface area contributed by atoms with Crippen molar-refractivity contribution in [3.8, 4) is 0 Å². The molecule has 2 aromatic rings. The summed E-state index contributed by atoms with van der Waals surface area (Å²) in [5, 5.41) is 12.8. The molecule has 1 aliphatic rings. The zero-order chi connectivity index (χ0) is 18.7. The van der Waals surface area contributed by atoms with Crippen molar-refractivity contribution in [2.75, 3.05) is 36.5 Å². The molecule has 3 N–H and O–H groups in total. The Kier molecular flexibility index (Phi) is 5.08. The Bertz CT molecular complexity index is 783. The molecule has 1 saturated heterocycles. The van der Waals surface area contributed by atoms with Crippen molar-refractivity contribution in [3.05, 3.63) is 29.5 Å². The lowest BCUT2D eigenvalue weighted by Crippen LogP contribution is -2.40. The summed E-state index contributed by atoms with van der Waals surface area (Å²) in [6.45, 7) is 8.27. The van der Waals surface area contributed by atoms with Crippen molar-refractivity contribution in [2.45, 2.75) is 32.7 Å². The fourth-order valence-corrected chi connectivity index (χ4v) is 2.76. The van der Waals surface area contributed by atoms with Crippen LogP contribution >= 0.6 is 0 Å². The van der Waals surface area contributed by atoms with Crippen LogP contribution < -0.4 is 10.2 Å². The van der Waals surface area contributed by atoms with Crippen LogP contribution in [0.25, 0.3) is 0 Å². The first kappa shape index (κ1) is 18.1. The van der Waals surface area contributed by atoms with Crippen LogP contribution in [0.15, 0.2) is 12.5 Å². The quantitative estimate of drug-likeness (QED) is 0.706. The lowest BCUT2D eigenvalue weighted by atomic mass is 9.85. The molecule has 0 aromatic carbocycles. The van der Waals surface area contributed by atoms with Gasteiger partial charge in [0.05, 0.1) is 37.2 Å². The van der Waals surface area contributed by atoms with Gasteiger partial charge in [-0.1, -0.05) is 0 Å². The van der Waals surface area contributed by atoms with Crippen LogP contribution in [-0.2, 0) is 21.5 Å². The van der Waals surface area contributed by atoms with Gasteiger partial charge in [0.1, 0.15) is 5.82 Å². The Hall–Kier alpha value is -2.68. The third-order valence-electron chi connectivity index (χ3n) is 4.64. The maximum atomic E-state index is 11.7. The number of carboxylic acids is 1. The second kappa shape index (κ2) is 7.28. The van der Waals surface area contributed by atoms with Gasteiger partial charge in [0.25, 0.3) is 0 Å². The van der Waals surface area contributed by atoms with E-state index in [2.05, 4.69) is 30.2 Å². The van der Waals surface area contributed by atoms with E-state index in [0.29, 0.717) is 50.2 Å². The predicted molar refractivity (Wildman–Crippen MR) is 96.4 cm³/mol. The van der Waals surface area contributed by atoms with Gasteiger partial charge >= 0.3 is 5.97 Å². The average molecular weight is 360 g/mol. The molecule has 1 fully saturated rings.